The number of pyridine rings is 1. The Balaban J connectivity index is 1.97. The van der Waals surface area contributed by atoms with E-state index in [4.69, 9.17) is 4.98 Å². The molecule has 0 radical (unpaired) electrons. The van der Waals surface area contributed by atoms with E-state index in [0.29, 0.717) is 0 Å². The summed E-state index contributed by atoms with van der Waals surface area (Å²) in [6.45, 7) is 1.05. The van der Waals surface area contributed by atoms with E-state index in [2.05, 4.69) is 53.0 Å². The molecule has 3 nitrogen and oxygen atoms in total. The van der Waals surface area contributed by atoms with Gasteiger partial charge in [0, 0.05) is 35.0 Å². The molecule has 23 heavy (non-hydrogen) atoms. The fourth-order valence-electron chi connectivity index (χ4n) is 4.33. The van der Waals surface area contributed by atoms with Gasteiger partial charge in [-0.05, 0) is 12.5 Å². The number of rotatable bonds is 0. The third-order valence-electron chi connectivity index (χ3n) is 5.26. The Morgan fingerprint density at radius 2 is 2.09 bits per heavy atom. The minimum absolute atomic E-state index is 1.05. The fourth-order valence-corrected chi connectivity index (χ4v) is 5.23. The predicted molar refractivity (Wildman–Crippen MR) is 94.4 cm³/mol. The van der Waals surface area contributed by atoms with Crippen molar-refractivity contribution in [1.82, 2.24) is 4.98 Å². The second-order valence-electron chi connectivity index (χ2n) is 6.34. The smallest absolute Gasteiger partial charge is 0.234 e. The van der Waals surface area contributed by atoms with Gasteiger partial charge in [-0.15, -0.1) is 11.3 Å². The van der Waals surface area contributed by atoms with Crippen molar-refractivity contribution in [3.63, 3.8) is 0 Å². The molecule has 4 heterocycles. The summed E-state index contributed by atoms with van der Waals surface area (Å²) >= 11 is 1.76. The maximum Gasteiger partial charge on any atom is 0.234 e. The number of aryl methyl sites for hydroxylation is 1. The molecular formula is C19H14N3S+. The SMILES string of the molecule is C[n+]1ccc2c3c4c(c5ncsc5c31)CCN4c1ccccc1-2. The second kappa shape index (κ2) is 3.89. The van der Waals surface area contributed by atoms with Crippen LogP contribution in [0.1, 0.15) is 5.56 Å². The third-order valence-corrected chi connectivity index (χ3v) is 6.09. The zero-order valence-corrected chi connectivity index (χ0v) is 13.5. The largest absolute Gasteiger partial charge is 0.340 e. The van der Waals surface area contributed by atoms with Crippen molar-refractivity contribution >= 4 is 43.8 Å². The Labute approximate surface area is 137 Å². The molecule has 2 aliphatic heterocycles. The average Bonchev–Trinajstić information content (AvgIpc) is 3.22. The number of aromatic nitrogens is 2. The van der Waals surface area contributed by atoms with Crippen LogP contribution < -0.4 is 9.47 Å². The van der Waals surface area contributed by atoms with E-state index >= 15 is 0 Å². The molecule has 0 bridgehead atoms. The van der Waals surface area contributed by atoms with E-state index in [1.807, 2.05) is 5.51 Å². The van der Waals surface area contributed by atoms with Gasteiger partial charge in [-0.25, -0.2) is 4.98 Å². The first-order chi connectivity index (χ1) is 11.3. The highest BCUT2D eigenvalue weighted by Gasteiger charge is 2.36. The summed E-state index contributed by atoms with van der Waals surface area (Å²) in [7, 11) is 2.14. The van der Waals surface area contributed by atoms with Gasteiger partial charge in [-0.2, -0.15) is 4.57 Å². The minimum atomic E-state index is 1.05. The first kappa shape index (κ1) is 12.0. The molecule has 0 atom stereocenters. The predicted octanol–water partition coefficient (Wildman–Crippen LogP) is 3.95. The Morgan fingerprint density at radius 3 is 3.04 bits per heavy atom. The standard InChI is InChI=1S/C19H14N3S/c1-21-8-6-12-11-4-2-3-5-14(11)22-9-7-13-16-19(23-10-20-16)18(21)15(12)17(13)22/h2-6,8,10H,7,9H2,1H3/q+1. The highest BCUT2D eigenvalue weighted by molar-refractivity contribution is 7.17. The van der Waals surface area contributed by atoms with Crippen LogP contribution in [0, 0.1) is 0 Å². The molecule has 0 N–H and O–H groups in total. The summed E-state index contributed by atoms with van der Waals surface area (Å²) in [6, 6.07) is 11.1. The third kappa shape index (κ3) is 1.28. The van der Waals surface area contributed by atoms with Gasteiger partial charge in [-0.3, -0.25) is 0 Å². The second-order valence-corrected chi connectivity index (χ2v) is 7.19. The van der Waals surface area contributed by atoms with Crippen molar-refractivity contribution in [2.75, 3.05) is 11.4 Å². The molecule has 2 aromatic heterocycles. The van der Waals surface area contributed by atoms with Crippen LogP contribution in [0.4, 0.5) is 11.4 Å². The first-order valence-corrected chi connectivity index (χ1v) is 8.80. The van der Waals surface area contributed by atoms with E-state index in [1.54, 1.807) is 11.3 Å². The Bertz CT molecular complexity index is 1140. The molecular weight excluding hydrogens is 302 g/mol. The number of nitrogens with zero attached hydrogens (tertiary/aromatic N) is 3. The summed E-state index contributed by atoms with van der Waals surface area (Å²) in [5.74, 6) is 0. The number of benzene rings is 2. The highest BCUT2D eigenvalue weighted by atomic mass is 32.1. The maximum absolute atomic E-state index is 4.70. The molecule has 0 fully saturated rings. The molecule has 6 rings (SSSR count). The summed E-state index contributed by atoms with van der Waals surface area (Å²) in [6.07, 6.45) is 3.27. The van der Waals surface area contributed by atoms with Crippen LogP contribution in [0.25, 0.3) is 32.2 Å². The molecule has 0 saturated carbocycles. The van der Waals surface area contributed by atoms with Crippen LogP contribution in [-0.4, -0.2) is 11.5 Å². The molecule has 0 unspecified atom stereocenters. The normalized spacial score (nSPS) is 14.7. The summed E-state index contributed by atoms with van der Waals surface area (Å²) in [5, 5.41) is 1.40. The first-order valence-electron chi connectivity index (χ1n) is 7.92. The van der Waals surface area contributed by atoms with E-state index in [0.717, 1.165) is 13.0 Å². The monoisotopic (exact) mass is 316 g/mol. The number of fused-ring (bicyclic) bond motifs is 6. The Hall–Kier alpha value is -2.46. The molecule has 0 saturated heterocycles. The van der Waals surface area contributed by atoms with Gasteiger partial charge in [0.2, 0.25) is 5.52 Å². The number of anilines is 2. The molecule has 2 aliphatic rings. The molecule has 2 aromatic carbocycles. The number of thiazole rings is 1. The Morgan fingerprint density at radius 1 is 1.17 bits per heavy atom. The van der Waals surface area contributed by atoms with Crippen LogP contribution in [0.3, 0.4) is 0 Å². The van der Waals surface area contributed by atoms with Crippen molar-refractivity contribution in [2.45, 2.75) is 6.42 Å². The molecule has 0 aliphatic carbocycles. The Kier molecular flexibility index (Phi) is 2.03. The van der Waals surface area contributed by atoms with Gasteiger partial charge in [0.25, 0.3) is 0 Å². The zero-order chi connectivity index (χ0) is 15.1. The van der Waals surface area contributed by atoms with Crippen molar-refractivity contribution in [2.24, 2.45) is 7.05 Å². The van der Waals surface area contributed by atoms with Gasteiger partial charge in [0.15, 0.2) is 6.20 Å². The van der Waals surface area contributed by atoms with Gasteiger partial charge < -0.3 is 4.90 Å². The summed E-state index contributed by atoms with van der Waals surface area (Å²) in [5.41, 5.74) is 11.4. The molecule has 110 valence electrons. The van der Waals surface area contributed by atoms with Crippen LogP contribution in [0.5, 0.6) is 0 Å². The average molecular weight is 316 g/mol. The zero-order valence-electron chi connectivity index (χ0n) is 12.7. The van der Waals surface area contributed by atoms with Crippen LogP contribution >= 0.6 is 11.3 Å². The number of hydrogen-bond donors (Lipinski definition) is 0. The summed E-state index contributed by atoms with van der Waals surface area (Å²) in [4.78, 5) is 7.20. The number of para-hydroxylation sites is 1. The van der Waals surface area contributed by atoms with E-state index < -0.39 is 0 Å². The van der Waals surface area contributed by atoms with E-state index in [9.17, 15) is 0 Å². The lowest BCUT2D eigenvalue weighted by Crippen LogP contribution is -2.29. The van der Waals surface area contributed by atoms with E-state index in [-0.39, 0.29) is 0 Å². The van der Waals surface area contributed by atoms with Crippen LogP contribution in [0.2, 0.25) is 0 Å². The number of hydrogen-bond acceptors (Lipinski definition) is 3. The molecule has 0 spiro atoms. The van der Waals surface area contributed by atoms with Gasteiger partial charge in [0.05, 0.1) is 22.1 Å². The quantitative estimate of drug-likeness (QED) is 0.458. The van der Waals surface area contributed by atoms with E-state index in [1.165, 1.54) is 49.2 Å². The topological polar surface area (TPSA) is 20.0 Å². The molecule has 4 heteroatoms. The molecule has 0 amide bonds. The van der Waals surface area contributed by atoms with Crippen molar-refractivity contribution in [3.8, 4) is 11.1 Å². The van der Waals surface area contributed by atoms with Gasteiger partial charge >= 0.3 is 0 Å². The van der Waals surface area contributed by atoms with Crippen molar-refractivity contribution in [3.05, 3.63) is 47.6 Å². The van der Waals surface area contributed by atoms with Crippen LogP contribution in [-0.2, 0) is 13.5 Å². The van der Waals surface area contributed by atoms with Crippen LogP contribution in [0.15, 0.2) is 42.0 Å². The van der Waals surface area contributed by atoms with Gasteiger partial charge in [0.1, 0.15) is 11.7 Å². The fraction of sp³-hybridized carbons (Fsp3) is 0.158. The van der Waals surface area contributed by atoms with Crippen molar-refractivity contribution in [1.29, 1.82) is 0 Å². The highest BCUT2D eigenvalue weighted by Crippen LogP contribution is 2.53. The summed E-state index contributed by atoms with van der Waals surface area (Å²) < 4.78 is 3.58. The van der Waals surface area contributed by atoms with Gasteiger partial charge in [-0.1, -0.05) is 18.2 Å². The lowest BCUT2D eigenvalue weighted by Gasteiger charge is -2.29. The minimum Gasteiger partial charge on any atom is -0.340 e. The lowest BCUT2D eigenvalue weighted by molar-refractivity contribution is -0.643. The lowest BCUT2D eigenvalue weighted by atomic mass is 9.92. The molecule has 4 aromatic rings. The van der Waals surface area contributed by atoms with Crippen molar-refractivity contribution < 1.29 is 4.57 Å². The maximum atomic E-state index is 4.70.